The molecule has 2 N–H and O–H groups in total. The van der Waals surface area contributed by atoms with Crippen molar-refractivity contribution in [1.29, 1.82) is 0 Å². The first kappa shape index (κ1) is 19.3. The Hall–Kier alpha value is -3.70. The third kappa shape index (κ3) is 3.64. The number of Topliss-reactive ketones (excluding diaryl/α,β-unsaturated/α-hetero) is 1. The van der Waals surface area contributed by atoms with E-state index < -0.39 is 5.56 Å². The van der Waals surface area contributed by atoms with Gasteiger partial charge in [0.1, 0.15) is 5.82 Å². The van der Waals surface area contributed by atoms with Gasteiger partial charge in [0.15, 0.2) is 5.78 Å². The molecule has 5 rings (SSSR count). The van der Waals surface area contributed by atoms with E-state index in [1.54, 1.807) is 18.2 Å². The molecule has 0 saturated carbocycles. The van der Waals surface area contributed by atoms with Crippen LogP contribution in [0.1, 0.15) is 22.6 Å². The second kappa shape index (κ2) is 7.85. The highest BCUT2D eigenvalue weighted by Crippen LogP contribution is 2.32. The van der Waals surface area contributed by atoms with E-state index in [0.717, 1.165) is 27.8 Å². The van der Waals surface area contributed by atoms with Crippen LogP contribution >= 0.6 is 11.6 Å². The van der Waals surface area contributed by atoms with Gasteiger partial charge >= 0.3 is 0 Å². The zero-order valence-electron chi connectivity index (χ0n) is 16.5. The van der Waals surface area contributed by atoms with Crippen molar-refractivity contribution in [3.63, 3.8) is 0 Å². The number of carbonyl (C=O) groups excluding carboxylic acids is 1. The average molecular weight is 428 g/mol. The normalized spacial score (nSPS) is 11.3. The summed E-state index contributed by atoms with van der Waals surface area (Å²) < 4.78 is 0. The molecule has 0 spiro atoms. The van der Waals surface area contributed by atoms with Crippen molar-refractivity contribution in [2.45, 2.75) is 12.8 Å². The number of hydrogen-bond donors (Lipinski definition) is 2. The molecule has 31 heavy (non-hydrogen) atoms. The van der Waals surface area contributed by atoms with Crippen molar-refractivity contribution >= 4 is 39.3 Å². The summed E-state index contributed by atoms with van der Waals surface area (Å²) in [7, 11) is 0. The molecule has 0 aliphatic heterocycles. The van der Waals surface area contributed by atoms with E-state index in [-0.39, 0.29) is 17.8 Å². The topological polar surface area (TPSA) is 78.6 Å². The minimum absolute atomic E-state index is 0.150. The Morgan fingerprint density at radius 1 is 0.903 bits per heavy atom. The first-order valence-corrected chi connectivity index (χ1v) is 10.4. The van der Waals surface area contributed by atoms with E-state index in [9.17, 15) is 9.59 Å². The largest absolute Gasteiger partial charge is 0.342 e. The van der Waals surface area contributed by atoms with Gasteiger partial charge in [-0.15, -0.1) is 0 Å². The molecule has 0 bridgehead atoms. The predicted molar refractivity (Wildman–Crippen MR) is 124 cm³/mol. The number of nitrogens with one attached hydrogen (secondary N) is 2. The molecule has 5 aromatic rings. The fraction of sp³-hybridized carbons (Fsp3) is 0.0800. The van der Waals surface area contributed by atoms with Crippen molar-refractivity contribution in [3.8, 4) is 11.1 Å². The van der Waals surface area contributed by atoms with E-state index in [1.165, 1.54) is 0 Å². The number of para-hydroxylation sites is 2. The highest BCUT2D eigenvalue weighted by molar-refractivity contribution is 6.31. The Balaban J connectivity index is 1.58. The number of halogens is 1. The standard InChI is InChI=1S/C25H18ClN3O2/c26-16-10-11-18-17(14-16)23(15-6-2-1-3-7-15)24(25(31)29-18)21(30)12-13-22-27-19-8-4-5-9-20(19)28-22/h1-11,14H,12-13H2,(H,27,28)(H,29,31). The quantitative estimate of drug-likeness (QED) is 0.361. The molecule has 0 aliphatic carbocycles. The average Bonchev–Trinajstić information content (AvgIpc) is 3.20. The molecule has 0 aliphatic rings. The van der Waals surface area contributed by atoms with Crippen LogP contribution in [0.4, 0.5) is 0 Å². The molecular weight excluding hydrogens is 410 g/mol. The molecule has 0 saturated heterocycles. The highest BCUT2D eigenvalue weighted by atomic mass is 35.5. The highest BCUT2D eigenvalue weighted by Gasteiger charge is 2.21. The summed E-state index contributed by atoms with van der Waals surface area (Å²) in [5.74, 6) is 0.485. The molecule has 3 aromatic carbocycles. The van der Waals surface area contributed by atoms with Crippen LogP contribution in [-0.2, 0) is 6.42 Å². The van der Waals surface area contributed by atoms with Crippen LogP contribution in [-0.4, -0.2) is 20.7 Å². The second-order valence-corrected chi connectivity index (χ2v) is 7.82. The number of aromatic nitrogens is 3. The molecule has 0 fully saturated rings. The lowest BCUT2D eigenvalue weighted by molar-refractivity contribution is 0.0981. The van der Waals surface area contributed by atoms with Crippen molar-refractivity contribution < 1.29 is 4.79 Å². The maximum atomic E-state index is 13.3. The minimum Gasteiger partial charge on any atom is -0.342 e. The van der Waals surface area contributed by atoms with Gasteiger partial charge in [-0.05, 0) is 35.9 Å². The number of nitrogens with zero attached hydrogens (tertiary/aromatic N) is 1. The zero-order chi connectivity index (χ0) is 21.4. The number of aryl methyl sites for hydroxylation is 1. The minimum atomic E-state index is -0.400. The maximum Gasteiger partial charge on any atom is 0.259 e. The fourth-order valence-electron chi connectivity index (χ4n) is 3.92. The SMILES string of the molecule is O=C(CCc1nc2ccccc2[nH]1)c1c(-c2ccccc2)c2cc(Cl)ccc2[nH]c1=O. The maximum absolute atomic E-state index is 13.3. The fourth-order valence-corrected chi connectivity index (χ4v) is 4.09. The molecule has 2 heterocycles. The van der Waals surface area contributed by atoms with Crippen LogP contribution in [0.25, 0.3) is 33.1 Å². The second-order valence-electron chi connectivity index (χ2n) is 7.38. The van der Waals surface area contributed by atoms with Crippen molar-refractivity contribution in [1.82, 2.24) is 15.0 Å². The van der Waals surface area contributed by atoms with Crippen LogP contribution in [0.2, 0.25) is 5.02 Å². The van der Waals surface area contributed by atoms with Crippen LogP contribution in [0.15, 0.2) is 77.6 Å². The summed E-state index contributed by atoms with van der Waals surface area (Å²) in [5.41, 5.74) is 3.58. The smallest absolute Gasteiger partial charge is 0.259 e. The summed E-state index contributed by atoms with van der Waals surface area (Å²) >= 11 is 6.24. The molecule has 6 heteroatoms. The van der Waals surface area contributed by atoms with E-state index in [4.69, 9.17) is 11.6 Å². The van der Waals surface area contributed by atoms with Gasteiger partial charge < -0.3 is 9.97 Å². The summed E-state index contributed by atoms with van der Waals surface area (Å²) in [6.07, 6.45) is 0.573. The van der Waals surface area contributed by atoms with Crippen LogP contribution in [0, 0.1) is 0 Å². The zero-order valence-corrected chi connectivity index (χ0v) is 17.2. The van der Waals surface area contributed by atoms with Gasteiger partial charge in [-0.3, -0.25) is 9.59 Å². The molecule has 0 radical (unpaired) electrons. The van der Waals surface area contributed by atoms with Gasteiger partial charge in [-0.25, -0.2) is 4.98 Å². The molecule has 0 amide bonds. The Morgan fingerprint density at radius 3 is 2.48 bits per heavy atom. The third-order valence-corrected chi connectivity index (χ3v) is 5.58. The van der Waals surface area contributed by atoms with Crippen LogP contribution < -0.4 is 5.56 Å². The number of imidazole rings is 1. The summed E-state index contributed by atoms with van der Waals surface area (Å²) in [5, 5.41) is 1.28. The van der Waals surface area contributed by atoms with Gasteiger partial charge in [-0.2, -0.15) is 0 Å². The molecule has 152 valence electrons. The third-order valence-electron chi connectivity index (χ3n) is 5.34. The summed E-state index contributed by atoms with van der Waals surface area (Å²) in [4.78, 5) is 36.9. The lowest BCUT2D eigenvalue weighted by Crippen LogP contribution is -2.20. The van der Waals surface area contributed by atoms with Crippen molar-refractivity contribution in [2.24, 2.45) is 0 Å². The van der Waals surface area contributed by atoms with Crippen molar-refractivity contribution in [2.75, 3.05) is 0 Å². The number of rotatable bonds is 5. The number of ketones is 1. The number of H-pyrrole nitrogens is 2. The first-order chi connectivity index (χ1) is 15.1. The van der Waals surface area contributed by atoms with Gasteiger partial charge in [-0.1, -0.05) is 54.1 Å². The summed E-state index contributed by atoms with van der Waals surface area (Å²) in [6.45, 7) is 0. The number of pyridine rings is 1. The van der Waals surface area contributed by atoms with Crippen LogP contribution in [0.5, 0.6) is 0 Å². The number of hydrogen-bond acceptors (Lipinski definition) is 3. The van der Waals surface area contributed by atoms with E-state index in [2.05, 4.69) is 15.0 Å². The molecule has 0 atom stereocenters. The van der Waals surface area contributed by atoms with Crippen molar-refractivity contribution in [3.05, 3.63) is 99.6 Å². The number of aromatic amines is 2. The van der Waals surface area contributed by atoms with Gasteiger partial charge in [0.2, 0.25) is 0 Å². The molecule has 2 aromatic heterocycles. The summed E-state index contributed by atoms with van der Waals surface area (Å²) in [6, 6.07) is 22.4. The Kier molecular flexibility index (Phi) is 4.88. The Labute approximate surface area is 182 Å². The molecular formula is C25H18ClN3O2. The monoisotopic (exact) mass is 427 g/mol. The lowest BCUT2D eigenvalue weighted by atomic mass is 9.93. The molecule has 0 unspecified atom stereocenters. The van der Waals surface area contributed by atoms with Gasteiger partial charge in [0.05, 0.1) is 16.6 Å². The van der Waals surface area contributed by atoms with Gasteiger partial charge in [0, 0.05) is 34.3 Å². The predicted octanol–water partition coefficient (Wildman–Crippen LogP) is 5.54. The Morgan fingerprint density at radius 2 is 1.68 bits per heavy atom. The lowest BCUT2D eigenvalue weighted by Gasteiger charge is -2.12. The number of carbonyl (C=O) groups is 1. The first-order valence-electron chi connectivity index (χ1n) is 9.98. The van der Waals surface area contributed by atoms with Gasteiger partial charge in [0.25, 0.3) is 5.56 Å². The van der Waals surface area contributed by atoms with E-state index in [0.29, 0.717) is 22.5 Å². The van der Waals surface area contributed by atoms with Crippen LogP contribution in [0.3, 0.4) is 0 Å². The Bertz CT molecular complexity index is 1450. The molecule has 5 nitrogen and oxygen atoms in total. The van der Waals surface area contributed by atoms with E-state index >= 15 is 0 Å². The van der Waals surface area contributed by atoms with E-state index in [1.807, 2.05) is 54.6 Å². The number of fused-ring (bicyclic) bond motifs is 2. The number of benzene rings is 3.